The van der Waals surface area contributed by atoms with Crippen molar-refractivity contribution in [3.05, 3.63) is 0 Å². The summed E-state index contributed by atoms with van der Waals surface area (Å²) in [5, 5.41) is 0. The number of rotatable bonds is 5. The van der Waals surface area contributed by atoms with Crippen LogP contribution in [0.15, 0.2) is 0 Å². The molecule has 5 heteroatoms. The second-order valence-electron chi connectivity index (χ2n) is 6.14. The quantitative estimate of drug-likeness (QED) is 0.781. The molecule has 0 atom stereocenters. The highest BCUT2D eigenvalue weighted by molar-refractivity contribution is 7.80. The normalized spacial score (nSPS) is 22.3. The van der Waals surface area contributed by atoms with Crippen molar-refractivity contribution in [3.63, 3.8) is 0 Å². The second-order valence-corrected chi connectivity index (χ2v) is 6.58. The summed E-state index contributed by atoms with van der Waals surface area (Å²) in [6, 6.07) is 0.406. The summed E-state index contributed by atoms with van der Waals surface area (Å²) in [4.78, 5) is 15.3. The van der Waals surface area contributed by atoms with Crippen molar-refractivity contribution in [1.82, 2.24) is 4.90 Å². The summed E-state index contributed by atoms with van der Waals surface area (Å²) >= 11 is 5.22. The predicted octanol–water partition coefficient (Wildman–Crippen LogP) is 1.72. The molecule has 2 N–H and O–H groups in total. The van der Waals surface area contributed by atoms with Crippen LogP contribution in [0.3, 0.4) is 0 Å². The molecule has 1 amide bonds. The molecule has 0 radical (unpaired) electrons. The van der Waals surface area contributed by atoms with E-state index < -0.39 is 5.41 Å². The lowest BCUT2D eigenvalue weighted by Crippen LogP contribution is -2.54. The summed E-state index contributed by atoms with van der Waals surface area (Å²) in [6.45, 7) is 6.22. The predicted molar refractivity (Wildman–Crippen MR) is 78.8 cm³/mol. The average Bonchev–Trinajstić information content (AvgIpc) is 3.19. The van der Waals surface area contributed by atoms with Gasteiger partial charge in [-0.15, -0.1) is 0 Å². The van der Waals surface area contributed by atoms with Crippen molar-refractivity contribution in [1.29, 1.82) is 0 Å². The smallest absolute Gasteiger partial charge is 0.236 e. The Hall–Kier alpha value is -0.680. The molecule has 108 valence electrons. The van der Waals surface area contributed by atoms with E-state index in [0.717, 1.165) is 19.4 Å². The third-order valence-corrected chi connectivity index (χ3v) is 4.43. The van der Waals surface area contributed by atoms with Gasteiger partial charge in [0.15, 0.2) is 0 Å². The zero-order chi connectivity index (χ0) is 14.0. The Kier molecular flexibility index (Phi) is 4.46. The first-order chi connectivity index (χ1) is 8.97. The molecule has 0 unspecified atom stereocenters. The summed E-state index contributed by atoms with van der Waals surface area (Å²) in [7, 11) is 0. The summed E-state index contributed by atoms with van der Waals surface area (Å²) in [5.41, 5.74) is 5.26. The monoisotopic (exact) mass is 284 g/mol. The number of ether oxygens (including phenoxy) is 1. The second kappa shape index (κ2) is 5.75. The Bertz CT molecular complexity index is 360. The van der Waals surface area contributed by atoms with Crippen molar-refractivity contribution in [2.45, 2.75) is 45.6 Å². The number of carbonyl (C=O) groups excluding carboxylic acids is 1. The van der Waals surface area contributed by atoms with E-state index in [1.807, 2.05) is 4.90 Å². The average molecular weight is 284 g/mol. The van der Waals surface area contributed by atoms with E-state index in [1.165, 1.54) is 0 Å². The van der Waals surface area contributed by atoms with Gasteiger partial charge in [-0.2, -0.15) is 0 Å². The van der Waals surface area contributed by atoms with Crippen LogP contribution in [-0.2, 0) is 9.53 Å². The fraction of sp³-hybridized carbons (Fsp3) is 0.857. The Morgan fingerprint density at radius 2 is 2.00 bits per heavy atom. The van der Waals surface area contributed by atoms with Crippen LogP contribution in [0.1, 0.15) is 39.5 Å². The molecule has 0 aromatic rings. The van der Waals surface area contributed by atoms with E-state index in [4.69, 9.17) is 22.7 Å². The van der Waals surface area contributed by atoms with Crippen molar-refractivity contribution < 1.29 is 9.53 Å². The van der Waals surface area contributed by atoms with Crippen LogP contribution in [0.25, 0.3) is 0 Å². The van der Waals surface area contributed by atoms with Gasteiger partial charge in [-0.1, -0.05) is 26.1 Å². The molecule has 1 aliphatic carbocycles. The highest BCUT2D eigenvalue weighted by Crippen LogP contribution is 2.37. The van der Waals surface area contributed by atoms with Gasteiger partial charge in [0, 0.05) is 25.8 Å². The van der Waals surface area contributed by atoms with Crippen molar-refractivity contribution >= 4 is 23.1 Å². The van der Waals surface area contributed by atoms with Gasteiger partial charge in [0.1, 0.15) is 5.41 Å². The highest BCUT2D eigenvalue weighted by atomic mass is 32.1. The van der Waals surface area contributed by atoms with Gasteiger partial charge in [0.05, 0.1) is 4.99 Å². The number of thiocarbonyl (C=S) groups is 1. The highest BCUT2D eigenvalue weighted by Gasteiger charge is 2.48. The zero-order valence-corrected chi connectivity index (χ0v) is 12.7. The molecule has 1 heterocycles. The standard InChI is InChI=1S/C14H24N2O2S/c1-10(2)9-16(11-3-4-11)13(17)14(12(15)19)5-7-18-8-6-14/h10-11H,3-9H2,1-2H3,(H2,15,19). The lowest BCUT2D eigenvalue weighted by Gasteiger charge is -2.39. The molecule has 1 aliphatic heterocycles. The number of nitrogens with zero attached hydrogens (tertiary/aromatic N) is 1. The third-order valence-electron chi connectivity index (χ3n) is 4.04. The van der Waals surface area contributed by atoms with E-state index in [-0.39, 0.29) is 5.91 Å². The molecule has 0 spiro atoms. The summed E-state index contributed by atoms with van der Waals surface area (Å²) in [6.07, 6.45) is 3.48. The molecule has 0 aromatic carbocycles. The molecular formula is C14H24N2O2S. The number of carbonyl (C=O) groups is 1. The minimum atomic E-state index is -0.662. The van der Waals surface area contributed by atoms with E-state index in [1.54, 1.807) is 0 Å². The maximum atomic E-state index is 13.0. The van der Waals surface area contributed by atoms with Gasteiger partial charge in [-0.3, -0.25) is 4.79 Å². The first-order valence-corrected chi connectivity index (χ1v) is 7.57. The van der Waals surface area contributed by atoms with Gasteiger partial charge >= 0.3 is 0 Å². The SMILES string of the molecule is CC(C)CN(C(=O)C1(C(N)=S)CCOCC1)C1CC1. The molecule has 2 aliphatic rings. The molecule has 0 aromatic heterocycles. The molecular weight excluding hydrogens is 260 g/mol. The number of hydrogen-bond donors (Lipinski definition) is 1. The lowest BCUT2D eigenvalue weighted by atomic mass is 9.78. The Balaban J connectivity index is 2.19. The summed E-state index contributed by atoms with van der Waals surface area (Å²) < 4.78 is 5.38. The van der Waals surface area contributed by atoms with Crippen molar-refractivity contribution in [2.75, 3.05) is 19.8 Å². The molecule has 1 saturated carbocycles. The minimum Gasteiger partial charge on any atom is -0.392 e. The molecule has 2 rings (SSSR count). The molecule has 4 nitrogen and oxygen atoms in total. The fourth-order valence-corrected chi connectivity index (χ4v) is 3.03. The van der Waals surface area contributed by atoms with Gasteiger partial charge in [-0.25, -0.2) is 0 Å². The maximum Gasteiger partial charge on any atom is 0.236 e. The van der Waals surface area contributed by atoms with Gasteiger partial charge in [-0.05, 0) is 31.6 Å². The van der Waals surface area contributed by atoms with Gasteiger partial charge in [0.25, 0.3) is 0 Å². The minimum absolute atomic E-state index is 0.138. The van der Waals surface area contributed by atoms with E-state index in [9.17, 15) is 4.79 Å². The largest absolute Gasteiger partial charge is 0.392 e. The number of amides is 1. The fourth-order valence-electron chi connectivity index (χ4n) is 2.74. The Morgan fingerprint density at radius 3 is 2.42 bits per heavy atom. The van der Waals surface area contributed by atoms with Crippen LogP contribution in [0.5, 0.6) is 0 Å². The zero-order valence-electron chi connectivity index (χ0n) is 11.9. The first-order valence-electron chi connectivity index (χ1n) is 7.16. The molecule has 2 fully saturated rings. The maximum absolute atomic E-state index is 13.0. The van der Waals surface area contributed by atoms with Crippen LogP contribution >= 0.6 is 12.2 Å². The number of hydrogen-bond acceptors (Lipinski definition) is 3. The lowest BCUT2D eigenvalue weighted by molar-refractivity contribution is -0.143. The molecule has 1 saturated heterocycles. The van der Waals surface area contributed by atoms with E-state index in [0.29, 0.717) is 43.0 Å². The third kappa shape index (κ3) is 3.08. The van der Waals surface area contributed by atoms with Crippen LogP contribution in [0.2, 0.25) is 0 Å². The first kappa shape index (κ1) is 14.7. The summed E-state index contributed by atoms with van der Waals surface area (Å²) in [5.74, 6) is 0.604. The topological polar surface area (TPSA) is 55.6 Å². The molecule has 19 heavy (non-hydrogen) atoms. The Labute approximate surface area is 120 Å². The van der Waals surface area contributed by atoms with Crippen LogP contribution < -0.4 is 5.73 Å². The van der Waals surface area contributed by atoms with Gasteiger partial charge in [0.2, 0.25) is 5.91 Å². The molecule has 0 bridgehead atoms. The van der Waals surface area contributed by atoms with E-state index >= 15 is 0 Å². The van der Waals surface area contributed by atoms with E-state index in [2.05, 4.69) is 13.8 Å². The van der Waals surface area contributed by atoms with Crippen LogP contribution in [0, 0.1) is 11.3 Å². The Morgan fingerprint density at radius 1 is 1.42 bits per heavy atom. The number of nitrogens with two attached hydrogens (primary N) is 1. The van der Waals surface area contributed by atoms with Crippen molar-refractivity contribution in [2.24, 2.45) is 17.1 Å². The van der Waals surface area contributed by atoms with Crippen molar-refractivity contribution in [3.8, 4) is 0 Å². The van der Waals surface area contributed by atoms with Crippen LogP contribution in [-0.4, -0.2) is 41.6 Å². The van der Waals surface area contributed by atoms with Crippen LogP contribution in [0.4, 0.5) is 0 Å². The van der Waals surface area contributed by atoms with Gasteiger partial charge < -0.3 is 15.4 Å².